The van der Waals surface area contributed by atoms with Crippen LogP contribution in [0.4, 0.5) is 10.2 Å². The number of nitrogens with one attached hydrogen (secondary N) is 1. The number of carbonyl (C=O) groups excluding carboxylic acids is 2. The molecular weight excluding hydrogens is 399 g/mol. The zero-order chi connectivity index (χ0) is 21.7. The highest BCUT2D eigenvalue weighted by Gasteiger charge is 2.21. The number of aryl methyl sites for hydroxylation is 1. The highest BCUT2D eigenvalue weighted by molar-refractivity contribution is 5.92. The minimum atomic E-state index is -0.851. The van der Waals surface area contributed by atoms with Gasteiger partial charge in [-0.15, -0.1) is 0 Å². The Labute approximate surface area is 169 Å². The highest BCUT2D eigenvalue weighted by atomic mass is 19.1. The predicted octanol–water partition coefficient (Wildman–Crippen LogP) is 1.86. The van der Waals surface area contributed by atoms with Gasteiger partial charge in [0, 0.05) is 6.07 Å². The van der Waals surface area contributed by atoms with E-state index >= 15 is 0 Å². The van der Waals surface area contributed by atoms with Gasteiger partial charge in [0.05, 0.1) is 18.4 Å². The van der Waals surface area contributed by atoms with Gasteiger partial charge in [-0.25, -0.2) is 9.18 Å². The molecule has 0 radical (unpaired) electrons. The molecule has 0 bridgehead atoms. The Balaban J connectivity index is 1.86. The minimum Gasteiger partial charge on any atom is -0.481 e. The number of esters is 1. The van der Waals surface area contributed by atoms with Crippen LogP contribution < -0.4 is 15.6 Å². The molecule has 11 heteroatoms. The van der Waals surface area contributed by atoms with Crippen molar-refractivity contribution in [3.8, 4) is 11.4 Å². The molecule has 0 aliphatic rings. The van der Waals surface area contributed by atoms with Crippen LogP contribution in [0.15, 0.2) is 45.7 Å². The van der Waals surface area contributed by atoms with Gasteiger partial charge in [-0.3, -0.25) is 9.59 Å². The zero-order valence-electron chi connectivity index (χ0n) is 16.0. The molecule has 156 valence electrons. The lowest BCUT2D eigenvalue weighted by molar-refractivity contribution is -0.118. The van der Waals surface area contributed by atoms with Gasteiger partial charge in [0.1, 0.15) is 11.6 Å². The molecular formula is C19H17FN4O6. The van der Waals surface area contributed by atoms with Crippen LogP contribution in [0.1, 0.15) is 23.2 Å². The van der Waals surface area contributed by atoms with Gasteiger partial charge in [0.2, 0.25) is 5.69 Å². The second kappa shape index (κ2) is 8.99. The summed E-state index contributed by atoms with van der Waals surface area (Å²) in [6.45, 7) is 2.79. The van der Waals surface area contributed by atoms with E-state index in [1.807, 2.05) is 0 Å². The fourth-order valence-electron chi connectivity index (χ4n) is 2.41. The first-order valence-electron chi connectivity index (χ1n) is 8.80. The number of hydrogen-bond acceptors (Lipinski definition) is 8. The van der Waals surface area contributed by atoms with Gasteiger partial charge in [-0.05, 0) is 38.1 Å². The quantitative estimate of drug-likeness (QED) is 0.579. The number of ether oxygens (including phenoxy) is 2. The lowest BCUT2D eigenvalue weighted by Gasteiger charge is -2.12. The van der Waals surface area contributed by atoms with E-state index in [2.05, 4.69) is 15.6 Å². The van der Waals surface area contributed by atoms with E-state index in [0.717, 1.165) is 22.9 Å². The zero-order valence-corrected chi connectivity index (χ0v) is 16.0. The highest BCUT2D eigenvalue weighted by Crippen LogP contribution is 2.17. The van der Waals surface area contributed by atoms with Crippen LogP contribution >= 0.6 is 0 Å². The first-order valence-corrected chi connectivity index (χ1v) is 8.80. The maximum atomic E-state index is 13.2. The van der Waals surface area contributed by atoms with E-state index in [0.29, 0.717) is 5.76 Å². The molecule has 2 aromatic heterocycles. The predicted molar refractivity (Wildman–Crippen MR) is 101 cm³/mol. The standard InChI is InChI=1S/C19H17FN4O6/c1-3-28-19(27)18-14(29-10-16(25)21-15-8-11(2)30-23-15)9-17(26)24(22-18)13-6-4-12(20)5-7-13/h4-9H,3,10H2,1-2H3,(H,21,23,25). The maximum Gasteiger partial charge on any atom is 0.362 e. The molecule has 0 saturated heterocycles. The number of aromatic nitrogens is 3. The first kappa shape index (κ1) is 20.7. The number of amides is 1. The summed E-state index contributed by atoms with van der Waals surface area (Å²) in [6, 6.07) is 7.45. The van der Waals surface area contributed by atoms with Crippen molar-refractivity contribution in [1.82, 2.24) is 14.9 Å². The third-order valence-electron chi connectivity index (χ3n) is 3.69. The molecule has 1 amide bonds. The summed E-state index contributed by atoms with van der Waals surface area (Å²) in [5.41, 5.74) is -0.735. The van der Waals surface area contributed by atoms with Crippen LogP contribution in [-0.4, -0.2) is 40.0 Å². The van der Waals surface area contributed by atoms with Gasteiger partial charge in [0.25, 0.3) is 11.5 Å². The van der Waals surface area contributed by atoms with Gasteiger partial charge in [-0.2, -0.15) is 9.78 Å². The molecule has 30 heavy (non-hydrogen) atoms. The number of anilines is 1. The first-order chi connectivity index (χ1) is 14.4. The SMILES string of the molecule is CCOC(=O)c1nn(-c2ccc(F)cc2)c(=O)cc1OCC(=O)Nc1cc(C)on1. The Bertz CT molecular complexity index is 1120. The van der Waals surface area contributed by atoms with Crippen LogP contribution in [0.25, 0.3) is 5.69 Å². The summed E-state index contributed by atoms with van der Waals surface area (Å²) < 4.78 is 29.2. The summed E-state index contributed by atoms with van der Waals surface area (Å²) in [6.07, 6.45) is 0. The molecule has 0 saturated carbocycles. The van der Waals surface area contributed by atoms with Crippen LogP contribution in [0.5, 0.6) is 5.75 Å². The van der Waals surface area contributed by atoms with Crippen molar-refractivity contribution < 1.29 is 28.0 Å². The minimum absolute atomic E-state index is 0.0572. The summed E-state index contributed by atoms with van der Waals surface area (Å²) in [5.74, 6) is -1.48. The molecule has 10 nitrogen and oxygen atoms in total. The topological polar surface area (TPSA) is 126 Å². The van der Waals surface area contributed by atoms with E-state index in [4.69, 9.17) is 14.0 Å². The van der Waals surface area contributed by atoms with Crippen molar-refractivity contribution >= 4 is 17.7 Å². The number of nitrogens with zero attached hydrogens (tertiary/aromatic N) is 3. The van der Waals surface area contributed by atoms with Crippen LogP contribution in [0.3, 0.4) is 0 Å². The van der Waals surface area contributed by atoms with Crippen molar-refractivity contribution in [3.05, 3.63) is 64.0 Å². The number of hydrogen-bond donors (Lipinski definition) is 1. The average molecular weight is 416 g/mol. The summed E-state index contributed by atoms with van der Waals surface area (Å²) in [4.78, 5) is 36.8. The molecule has 0 aliphatic carbocycles. The summed E-state index contributed by atoms with van der Waals surface area (Å²) in [7, 11) is 0. The molecule has 0 spiro atoms. The van der Waals surface area contributed by atoms with E-state index in [-0.39, 0.29) is 29.6 Å². The average Bonchev–Trinajstić information content (AvgIpc) is 3.12. The number of benzene rings is 1. The molecule has 0 aliphatic heterocycles. The second-order valence-corrected chi connectivity index (χ2v) is 5.96. The van der Waals surface area contributed by atoms with Crippen molar-refractivity contribution in [2.24, 2.45) is 0 Å². The van der Waals surface area contributed by atoms with Gasteiger partial charge < -0.3 is 19.3 Å². The van der Waals surface area contributed by atoms with Gasteiger partial charge in [0.15, 0.2) is 18.2 Å². The second-order valence-electron chi connectivity index (χ2n) is 5.96. The van der Waals surface area contributed by atoms with Crippen molar-refractivity contribution in [2.75, 3.05) is 18.5 Å². The Kier molecular flexibility index (Phi) is 6.20. The molecule has 1 N–H and O–H groups in total. The normalized spacial score (nSPS) is 10.5. The Morgan fingerprint density at radius 2 is 1.97 bits per heavy atom. The molecule has 0 atom stereocenters. The van der Waals surface area contributed by atoms with E-state index in [1.165, 1.54) is 18.2 Å². The fourth-order valence-corrected chi connectivity index (χ4v) is 2.41. The van der Waals surface area contributed by atoms with E-state index in [9.17, 15) is 18.8 Å². The Hall–Kier alpha value is -4.02. The van der Waals surface area contributed by atoms with Gasteiger partial charge >= 0.3 is 5.97 Å². The monoisotopic (exact) mass is 416 g/mol. The summed E-state index contributed by atoms with van der Waals surface area (Å²) in [5, 5.41) is 10.0. The van der Waals surface area contributed by atoms with Crippen molar-refractivity contribution in [2.45, 2.75) is 13.8 Å². The smallest absolute Gasteiger partial charge is 0.362 e. The van der Waals surface area contributed by atoms with Crippen molar-refractivity contribution in [3.63, 3.8) is 0 Å². The van der Waals surface area contributed by atoms with Crippen LogP contribution in [-0.2, 0) is 9.53 Å². The maximum absolute atomic E-state index is 13.2. The lowest BCUT2D eigenvalue weighted by atomic mass is 10.3. The molecule has 3 rings (SSSR count). The van der Waals surface area contributed by atoms with E-state index < -0.39 is 29.9 Å². The van der Waals surface area contributed by atoms with Gasteiger partial charge in [-0.1, -0.05) is 5.16 Å². The van der Waals surface area contributed by atoms with Crippen LogP contribution in [0, 0.1) is 12.7 Å². The molecule has 0 unspecified atom stereocenters. The third kappa shape index (κ3) is 4.87. The Morgan fingerprint density at radius 1 is 1.23 bits per heavy atom. The fraction of sp³-hybridized carbons (Fsp3) is 0.211. The van der Waals surface area contributed by atoms with Crippen LogP contribution in [0.2, 0.25) is 0 Å². The largest absolute Gasteiger partial charge is 0.481 e. The van der Waals surface area contributed by atoms with Crippen molar-refractivity contribution in [1.29, 1.82) is 0 Å². The number of carbonyl (C=O) groups is 2. The molecule has 1 aromatic carbocycles. The summed E-state index contributed by atoms with van der Waals surface area (Å²) >= 11 is 0. The number of halogens is 1. The Morgan fingerprint density at radius 3 is 2.60 bits per heavy atom. The molecule has 0 fully saturated rings. The number of rotatable bonds is 7. The molecule has 3 aromatic rings. The molecule has 2 heterocycles. The third-order valence-corrected chi connectivity index (χ3v) is 3.69. The van der Waals surface area contributed by atoms with E-state index in [1.54, 1.807) is 13.8 Å². The lowest BCUT2D eigenvalue weighted by Crippen LogP contribution is -2.27.